The van der Waals surface area contributed by atoms with Gasteiger partial charge in [-0.2, -0.15) is 0 Å². The zero-order valence-corrected chi connectivity index (χ0v) is 29.3. The maximum atomic E-state index is 2.54. The number of hydrogen-bond donors (Lipinski definition) is 0. The van der Waals surface area contributed by atoms with Crippen LogP contribution in [0.2, 0.25) is 0 Å². The topological polar surface area (TPSA) is 10.9 Å². The number of anilines is 6. The quantitative estimate of drug-likeness (QED) is 0.167. The second-order valence-electron chi connectivity index (χ2n) is 14.5. The van der Waals surface area contributed by atoms with Crippen molar-refractivity contribution < 1.29 is 0 Å². The summed E-state index contributed by atoms with van der Waals surface area (Å²) in [6.45, 7) is 0.0343. The second-order valence-corrected chi connectivity index (χ2v) is 15.6. The number of nitrogens with zero attached hydrogens (tertiary/aromatic N) is 3. The smallest absolute Gasteiger partial charge is 0.252 e. The Kier molecular flexibility index (Phi) is 5.33. The van der Waals surface area contributed by atoms with Gasteiger partial charge in [-0.15, -0.1) is 11.3 Å². The van der Waals surface area contributed by atoms with Gasteiger partial charge in [-0.25, -0.2) is 0 Å². The zero-order valence-electron chi connectivity index (χ0n) is 28.5. The maximum absolute atomic E-state index is 2.54. The molecule has 0 aliphatic carbocycles. The van der Waals surface area contributed by atoms with E-state index in [2.05, 4.69) is 184 Å². The summed E-state index contributed by atoms with van der Waals surface area (Å²) in [5.74, 6) is 0. The summed E-state index contributed by atoms with van der Waals surface area (Å²) in [7, 11) is 0. The van der Waals surface area contributed by atoms with Crippen LogP contribution in [0.5, 0.6) is 0 Å². The highest BCUT2D eigenvalue weighted by Gasteiger charge is 2.44. The van der Waals surface area contributed by atoms with E-state index in [1.165, 1.54) is 109 Å². The van der Waals surface area contributed by atoms with Crippen LogP contribution in [0.4, 0.5) is 34.1 Å². The molecule has 0 unspecified atom stereocenters. The van der Waals surface area contributed by atoms with Crippen molar-refractivity contribution >= 4 is 127 Å². The van der Waals surface area contributed by atoms with Gasteiger partial charge in [-0.1, -0.05) is 97.1 Å². The minimum atomic E-state index is 0.0343. The summed E-state index contributed by atoms with van der Waals surface area (Å²) < 4.78 is 5.18. The molecule has 53 heavy (non-hydrogen) atoms. The van der Waals surface area contributed by atoms with Gasteiger partial charge in [-0.3, -0.25) is 0 Å². The van der Waals surface area contributed by atoms with Crippen LogP contribution >= 0.6 is 11.3 Å². The Morgan fingerprint density at radius 1 is 0.377 bits per heavy atom. The number of benzene rings is 8. The standard InChI is InChI=1S/C48H28BN3S/c1-3-13-29(14-4-1)50-40-22-12-23-41-47(40)49(37-27-42-35(25-43(37)50)34-20-11-19-33-31-17-7-9-21-39(31)52(42)48(33)34)38-28-46-36(32-18-8-10-24-45(32)53-46)26-44(38)51(41)30-15-5-2-6-16-30/h1-28H. The van der Waals surface area contributed by atoms with Gasteiger partial charge in [0.25, 0.3) is 6.71 Å². The summed E-state index contributed by atoms with van der Waals surface area (Å²) in [6.07, 6.45) is 0. The molecule has 0 bridgehead atoms. The maximum Gasteiger partial charge on any atom is 0.252 e. The van der Waals surface area contributed by atoms with E-state index in [0.29, 0.717) is 0 Å². The van der Waals surface area contributed by atoms with Gasteiger partial charge >= 0.3 is 0 Å². The largest absolute Gasteiger partial charge is 0.311 e. The summed E-state index contributed by atoms with van der Waals surface area (Å²) >= 11 is 1.90. The summed E-state index contributed by atoms with van der Waals surface area (Å²) in [4.78, 5) is 5.03. The van der Waals surface area contributed by atoms with E-state index in [9.17, 15) is 0 Å². The number of para-hydroxylation sites is 4. The van der Waals surface area contributed by atoms with Crippen LogP contribution in [0.3, 0.4) is 0 Å². The van der Waals surface area contributed by atoms with Crippen LogP contribution in [-0.4, -0.2) is 11.1 Å². The molecule has 3 aromatic heterocycles. The van der Waals surface area contributed by atoms with Gasteiger partial charge in [-0.05, 0) is 89.2 Å². The van der Waals surface area contributed by atoms with Crippen LogP contribution < -0.4 is 26.2 Å². The van der Waals surface area contributed by atoms with Gasteiger partial charge in [0, 0.05) is 75.8 Å². The first-order chi connectivity index (χ1) is 26.3. The Morgan fingerprint density at radius 3 is 1.68 bits per heavy atom. The monoisotopic (exact) mass is 689 g/mol. The van der Waals surface area contributed by atoms with Crippen molar-refractivity contribution in [3.8, 4) is 0 Å². The van der Waals surface area contributed by atoms with E-state index < -0.39 is 0 Å². The van der Waals surface area contributed by atoms with E-state index in [-0.39, 0.29) is 6.71 Å². The molecule has 11 aromatic rings. The molecule has 2 aliphatic heterocycles. The van der Waals surface area contributed by atoms with Gasteiger partial charge in [0.15, 0.2) is 0 Å². The first-order valence-electron chi connectivity index (χ1n) is 18.3. The fraction of sp³-hybridized carbons (Fsp3) is 0. The molecule has 0 saturated carbocycles. The number of rotatable bonds is 2. The average molecular weight is 690 g/mol. The predicted molar refractivity (Wildman–Crippen MR) is 228 cm³/mol. The molecule has 0 fully saturated rings. The van der Waals surface area contributed by atoms with Crippen LogP contribution in [0.15, 0.2) is 170 Å². The van der Waals surface area contributed by atoms with Crippen LogP contribution in [0.1, 0.15) is 0 Å². The van der Waals surface area contributed by atoms with E-state index >= 15 is 0 Å². The molecule has 3 nitrogen and oxygen atoms in total. The fourth-order valence-electron chi connectivity index (χ4n) is 9.78. The lowest BCUT2D eigenvalue weighted by Crippen LogP contribution is -2.61. The molecule has 0 spiro atoms. The molecule has 0 radical (unpaired) electrons. The first-order valence-corrected chi connectivity index (χ1v) is 19.1. The average Bonchev–Trinajstić information content (AvgIpc) is 3.86. The lowest BCUT2D eigenvalue weighted by atomic mass is 9.33. The Balaban J connectivity index is 1.21. The van der Waals surface area contributed by atoms with Gasteiger partial charge in [0.2, 0.25) is 0 Å². The highest BCUT2D eigenvalue weighted by Crippen LogP contribution is 2.48. The minimum Gasteiger partial charge on any atom is -0.311 e. The van der Waals surface area contributed by atoms with Crippen molar-refractivity contribution in [2.75, 3.05) is 9.80 Å². The lowest BCUT2D eigenvalue weighted by molar-refractivity contribution is 1.26. The summed E-state index contributed by atoms with van der Waals surface area (Å²) in [5, 5.41) is 7.85. The third-order valence-electron chi connectivity index (χ3n) is 11.9. The van der Waals surface area contributed by atoms with E-state index in [1.54, 1.807) is 0 Å². The molecule has 8 aromatic carbocycles. The fourth-order valence-corrected chi connectivity index (χ4v) is 10.9. The third-order valence-corrected chi connectivity index (χ3v) is 13.0. The highest BCUT2D eigenvalue weighted by atomic mass is 32.1. The van der Waals surface area contributed by atoms with Crippen LogP contribution in [0, 0.1) is 0 Å². The van der Waals surface area contributed by atoms with Crippen molar-refractivity contribution in [3.05, 3.63) is 170 Å². The summed E-state index contributed by atoms with van der Waals surface area (Å²) in [5.41, 5.74) is 15.1. The Morgan fingerprint density at radius 2 is 0.943 bits per heavy atom. The Hall–Kier alpha value is -6.56. The number of thiophene rings is 1. The Labute approximate surface area is 309 Å². The van der Waals surface area contributed by atoms with Gasteiger partial charge in [0.1, 0.15) is 0 Å². The molecule has 0 amide bonds. The normalized spacial score (nSPS) is 13.5. The van der Waals surface area contributed by atoms with Crippen LogP contribution in [0.25, 0.3) is 58.3 Å². The number of aromatic nitrogens is 1. The molecular formula is C48H28BN3S. The number of fused-ring (bicyclic) bond motifs is 13. The van der Waals surface area contributed by atoms with Crippen molar-refractivity contribution in [2.24, 2.45) is 0 Å². The van der Waals surface area contributed by atoms with Crippen molar-refractivity contribution in [1.82, 2.24) is 4.40 Å². The predicted octanol–water partition coefficient (Wildman–Crippen LogP) is 11.3. The van der Waals surface area contributed by atoms with E-state index in [0.717, 1.165) is 0 Å². The van der Waals surface area contributed by atoms with Crippen LogP contribution in [-0.2, 0) is 0 Å². The van der Waals surface area contributed by atoms with Crippen molar-refractivity contribution in [3.63, 3.8) is 0 Å². The molecule has 13 rings (SSSR count). The molecule has 0 N–H and O–H groups in total. The second kappa shape index (κ2) is 10.1. The zero-order chi connectivity index (χ0) is 34.4. The molecule has 0 saturated heterocycles. The number of hydrogen-bond acceptors (Lipinski definition) is 3. The summed E-state index contributed by atoms with van der Waals surface area (Å²) in [6, 6.07) is 63.4. The molecule has 5 heteroatoms. The SMILES string of the molecule is c1ccc(N2c3cc4c(cc3B3c5cc6c(cc5N(c5ccccc5)c5cccc2c53)c2cccc3c5ccccc5n6c32)sc2ccccc24)cc1. The van der Waals surface area contributed by atoms with Gasteiger partial charge < -0.3 is 14.2 Å². The highest BCUT2D eigenvalue weighted by molar-refractivity contribution is 7.26. The molecular weight excluding hydrogens is 661 g/mol. The third kappa shape index (κ3) is 3.55. The molecule has 2 aliphatic rings. The minimum absolute atomic E-state index is 0.0343. The molecule has 244 valence electrons. The Bertz CT molecular complexity index is 3300. The lowest BCUT2D eigenvalue weighted by Gasteiger charge is -2.44. The molecule has 5 heterocycles. The van der Waals surface area contributed by atoms with E-state index in [1.807, 2.05) is 11.3 Å². The van der Waals surface area contributed by atoms with Gasteiger partial charge in [0.05, 0.1) is 16.6 Å². The molecule has 0 atom stereocenters. The van der Waals surface area contributed by atoms with E-state index in [4.69, 9.17) is 0 Å². The van der Waals surface area contributed by atoms with Crippen molar-refractivity contribution in [2.45, 2.75) is 0 Å². The first kappa shape index (κ1) is 28.1. The van der Waals surface area contributed by atoms with Crippen molar-refractivity contribution in [1.29, 1.82) is 0 Å².